The van der Waals surface area contributed by atoms with Gasteiger partial charge in [-0.05, 0) is 51.2 Å². The van der Waals surface area contributed by atoms with E-state index in [4.69, 9.17) is 5.73 Å². The summed E-state index contributed by atoms with van der Waals surface area (Å²) in [6.45, 7) is 7.61. The zero-order chi connectivity index (χ0) is 9.90. The van der Waals surface area contributed by atoms with E-state index in [9.17, 15) is 0 Å². The lowest BCUT2D eigenvalue weighted by Crippen LogP contribution is -2.32. The predicted octanol–water partition coefficient (Wildman–Crippen LogP) is 1.71. The summed E-state index contributed by atoms with van der Waals surface area (Å²) in [7, 11) is 0. The third-order valence-electron chi connectivity index (χ3n) is 3.25. The summed E-state index contributed by atoms with van der Waals surface area (Å²) >= 11 is 4.47. The van der Waals surface area contributed by atoms with Crippen LogP contribution < -0.4 is 5.73 Å². The van der Waals surface area contributed by atoms with Crippen molar-refractivity contribution in [1.29, 1.82) is 0 Å². The van der Waals surface area contributed by atoms with E-state index in [0.717, 1.165) is 13.1 Å². The van der Waals surface area contributed by atoms with Gasteiger partial charge in [-0.1, -0.05) is 6.92 Å². The molecule has 2 atom stereocenters. The maximum absolute atomic E-state index is 5.79. The first-order valence-corrected chi connectivity index (χ1v) is 5.71. The van der Waals surface area contributed by atoms with Crippen LogP contribution in [-0.2, 0) is 0 Å². The second-order valence-electron chi connectivity index (χ2n) is 4.54. The topological polar surface area (TPSA) is 29.3 Å². The minimum Gasteiger partial charge on any atom is -0.330 e. The van der Waals surface area contributed by atoms with Crippen LogP contribution in [0.5, 0.6) is 0 Å². The van der Waals surface area contributed by atoms with Gasteiger partial charge in [0.15, 0.2) is 0 Å². The zero-order valence-electron chi connectivity index (χ0n) is 8.79. The van der Waals surface area contributed by atoms with Gasteiger partial charge >= 0.3 is 0 Å². The first kappa shape index (κ1) is 11.3. The maximum atomic E-state index is 5.79. The molecule has 2 N–H and O–H groups in total. The van der Waals surface area contributed by atoms with Crippen LogP contribution in [0.25, 0.3) is 0 Å². The average molecular weight is 202 g/mol. The molecule has 2 nitrogen and oxygen atoms in total. The number of nitrogens with two attached hydrogens (primary N) is 1. The fraction of sp³-hybridized carbons (Fsp3) is 1.00. The number of hydrogen-bond donors (Lipinski definition) is 2. The van der Waals surface area contributed by atoms with E-state index in [1.165, 1.54) is 25.8 Å². The predicted molar refractivity (Wildman–Crippen MR) is 61.0 cm³/mol. The van der Waals surface area contributed by atoms with Gasteiger partial charge in [-0.15, -0.1) is 0 Å². The normalized spacial score (nSPS) is 34.2. The summed E-state index contributed by atoms with van der Waals surface area (Å²) < 4.78 is 0. The van der Waals surface area contributed by atoms with Crippen molar-refractivity contribution in [2.45, 2.75) is 38.5 Å². The fourth-order valence-electron chi connectivity index (χ4n) is 1.94. The molecule has 0 amide bonds. The van der Waals surface area contributed by atoms with Crippen molar-refractivity contribution in [1.82, 2.24) is 4.90 Å². The van der Waals surface area contributed by atoms with E-state index in [2.05, 4.69) is 31.4 Å². The van der Waals surface area contributed by atoms with Crippen molar-refractivity contribution >= 4 is 12.6 Å². The Morgan fingerprint density at radius 1 is 1.46 bits per heavy atom. The minimum atomic E-state index is 0.372. The Labute approximate surface area is 87.3 Å². The molecule has 1 saturated heterocycles. The summed E-state index contributed by atoms with van der Waals surface area (Å²) in [6, 6.07) is 0. The Morgan fingerprint density at radius 2 is 2.15 bits per heavy atom. The molecule has 0 spiro atoms. The average Bonchev–Trinajstić information content (AvgIpc) is 2.28. The molecule has 0 bridgehead atoms. The number of rotatable bonds is 2. The Kier molecular flexibility index (Phi) is 4.07. The molecule has 0 aromatic heterocycles. The van der Waals surface area contributed by atoms with Crippen molar-refractivity contribution in [2.24, 2.45) is 11.1 Å². The molecule has 1 fully saturated rings. The molecule has 3 heteroatoms. The molecular formula is C10H22N2S. The Morgan fingerprint density at radius 3 is 2.69 bits per heavy atom. The largest absolute Gasteiger partial charge is 0.330 e. The number of likely N-dealkylation sites (tertiary alicyclic amines) is 1. The molecule has 1 aliphatic heterocycles. The van der Waals surface area contributed by atoms with Crippen LogP contribution in [0, 0.1) is 5.41 Å². The molecule has 1 aliphatic rings. The van der Waals surface area contributed by atoms with E-state index in [0.29, 0.717) is 10.8 Å². The quantitative estimate of drug-likeness (QED) is 0.668. The highest BCUT2D eigenvalue weighted by atomic mass is 32.1. The van der Waals surface area contributed by atoms with Crippen molar-refractivity contribution in [2.75, 3.05) is 19.6 Å². The lowest BCUT2D eigenvalue weighted by Gasteiger charge is -2.27. The summed E-state index contributed by atoms with van der Waals surface area (Å²) in [5.74, 6) is 0. The first-order chi connectivity index (χ1) is 6.07. The van der Waals surface area contributed by atoms with Gasteiger partial charge in [0.1, 0.15) is 0 Å². The van der Waals surface area contributed by atoms with Crippen LogP contribution in [0.4, 0.5) is 0 Å². The molecule has 0 radical (unpaired) electrons. The summed E-state index contributed by atoms with van der Waals surface area (Å²) in [5.41, 5.74) is 6.16. The standard InChI is InChI=1S/C10H22N2S/c1-9(13)12-6-3-4-10(2,8-11)5-7-12/h9,13H,3-8,11H2,1-2H3. The highest BCUT2D eigenvalue weighted by Crippen LogP contribution is 2.30. The fourth-order valence-corrected chi connectivity index (χ4v) is 2.17. The van der Waals surface area contributed by atoms with Crippen LogP contribution in [0.3, 0.4) is 0 Å². The van der Waals surface area contributed by atoms with Crippen molar-refractivity contribution in [3.05, 3.63) is 0 Å². The monoisotopic (exact) mass is 202 g/mol. The van der Waals surface area contributed by atoms with Gasteiger partial charge in [0.2, 0.25) is 0 Å². The lowest BCUT2D eigenvalue weighted by atomic mass is 9.83. The van der Waals surface area contributed by atoms with E-state index in [1.807, 2.05) is 0 Å². The number of nitrogens with zero attached hydrogens (tertiary/aromatic N) is 1. The molecule has 0 aromatic carbocycles. The van der Waals surface area contributed by atoms with Gasteiger partial charge in [-0.25, -0.2) is 0 Å². The van der Waals surface area contributed by atoms with Crippen LogP contribution in [0.2, 0.25) is 0 Å². The molecule has 0 aliphatic carbocycles. The van der Waals surface area contributed by atoms with Crippen molar-refractivity contribution in [3.8, 4) is 0 Å². The molecule has 2 unspecified atom stereocenters. The second-order valence-corrected chi connectivity index (χ2v) is 5.28. The summed E-state index contributed by atoms with van der Waals surface area (Å²) in [5, 5.41) is 0.389. The van der Waals surface area contributed by atoms with E-state index >= 15 is 0 Å². The zero-order valence-corrected chi connectivity index (χ0v) is 9.69. The van der Waals surface area contributed by atoms with Crippen LogP contribution in [0.1, 0.15) is 33.1 Å². The van der Waals surface area contributed by atoms with E-state index in [1.54, 1.807) is 0 Å². The molecule has 0 aromatic rings. The van der Waals surface area contributed by atoms with Crippen molar-refractivity contribution in [3.63, 3.8) is 0 Å². The van der Waals surface area contributed by atoms with E-state index < -0.39 is 0 Å². The van der Waals surface area contributed by atoms with E-state index in [-0.39, 0.29) is 0 Å². The van der Waals surface area contributed by atoms with Gasteiger partial charge in [-0.3, -0.25) is 4.90 Å². The molecule has 0 saturated carbocycles. The number of hydrogen-bond acceptors (Lipinski definition) is 3. The summed E-state index contributed by atoms with van der Waals surface area (Å²) in [4.78, 5) is 2.43. The third kappa shape index (κ3) is 3.15. The minimum absolute atomic E-state index is 0.372. The Balaban J connectivity index is 2.48. The Hall–Kier alpha value is 0.270. The highest BCUT2D eigenvalue weighted by Gasteiger charge is 2.27. The van der Waals surface area contributed by atoms with Gasteiger partial charge in [0, 0.05) is 5.37 Å². The van der Waals surface area contributed by atoms with Crippen molar-refractivity contribution < 1.29 is 0 Å². The molecule has 13 heavy (non-hydrogen) atoms. The van der Waals surface area contributed by atoms with Gasteiger partial charge < -0.3 is 5.73 Å². The molecule has 1 heterocycles. The van der Waals surface area contributed by atoms with Gasteiger partial charge in [0.25, 0.3) is 0 Å². The molecule has 78 valence electrons. The van der Waals surface area contributed by atoms with Gasteiger partial charge in [0.05, 0.1) is 0 Å². The summed E-state index contributed by atoms with van der Waals surface area (Å²) in [6.07, 6.45) is 3.74. The molecular weight excluding hydrogens is 180 g/mol. The second kappa shape index (κ2) is 4.67. The maximum Gasteiger partial charge on any atom is 0.0499 e. The number of thiol groups is 1. The van der Waals surface area contributed by atoms with Gasteiger partial charge in [-0.2, -0.15) is 12.6 Å². The van der Waals surface area contributed by atoms with Crippen LogP contribution in [0.15, 0.2) is 0 Å². The third-order valence-corrected chi connectivity index (χ3v) is 3.58. The SMILES string of the molecule is CC(S)N1CCCC(C)(CN)CC1. The van der Waals surface area contributed by atoms with Crippen LogP contribution in [-0.4, -0.2) is 29.9 Å². The smallest absolute Gasteiger partial charge is 0.0499 e. The van der Waals surface area contributed by atoms with Crippen LogP contribution >= 0.6 is 12.6 Å². The first-order valence-electron chi connectivity index (χ1n) is 5.20. The lowest BCUT2D eigenvalue weighted by molar-refractivity contribution is 0.250. The highest BCUT2D eigenvalue weighted by molar-refractivity contribution is 7.80. The Bertz CT molecular complexity index is 161. The molecule has 1 rings (SSSR count).